The van der Waals surface area contributed by atoms with E-state index in [-0.39, 0.29) is 26.9 Å². The van der Waals surface area contributed by atoms with E-state index in [4.69, 9.17) is 16.3 Å². The molecule has 0 aliphatic carbocycles. The number of carbonyl (C=O) groups excluding carboxylic acids is 1. The number of aromatic nitrogens is 2. The molecule has 1 aromatic carbocycles. The highest BCUT2D eigenvalue weighted by atomic mass is 79.9. The van der Waals surface area contributed by atoms with Crippen molar-refractivity contribution in [1.29, 1.82) is 0 Å². The molecular formula is C18H21BrClFN4O3. The summed E-state index contributed by atoms with van der Waals surface area (Å²) in [6.45, 7) is 6.86. The van der Waals surface area contributed by atoms with Gasteiger partial charge in [-0.25, -0.2) is 19.2 Å². The summed E-state index contributed by atoms with van der Waals surface area (Å²) in [5, 5.41) is 10.1. The van der Waals surface area contributed by atoms with Crippen LogP contribution < -0.4 is 4.90 Å². The van der Waals surface area contributed by atoms with E-state index in [1.807, 2.05) is 25.7 Å². The number of benzene rings is 1. The number of piperazine rings is 1. The summed E-state index contributed by atoms with van der Waals surface area (Å²) >= 11 is 9.24. The average Bonchev–Trinajstić information content (AvgIpc) is 2.64. The molecule has 1 N–H and O–H groups in total. The Hall–Kier alpha value is -1.71. The van der Waals surface area contributed by atoms with Gasteiger partial charge in [-0.1, -0.05) is 11.6 Å². The number of carbonyl (C=O) groups is 1. The number of hydrogen-bond donors (Lipinski definition) is 1. The minimum atomic E-state index is -0.603. The fraction of sp³-hybridized carbons (Fsp3) is 0.500. The number of aliphatic hydroxyl groups is 1. The zero-order chi connectivity index (χ0) is 20.6. The topological polar surface area (TPSA) is 78.8 Å². The highest BCUT2D eigenvalue weighted by Gasteiger charge is 2.28. The third-order valence-electron chi connectivity index (χ3n) is 4.23. The standard InChI is InChI=1S/C18H21BrClFN4O3/c1-18(2,3)28-17(27)25-6-4-24(5-7-25)16-10-8-11(20)13(19)14(21)15(10)22-12(9-26)23-16/h8,26H,4-7,9H2,1-3H3. The lowest BCUT2D eigenvalue weighted by atomic mass is 10.2. The molecule has 0 spiro atoms. The molecule has 0 atom stereocenters. The Morgan fingerprint density at radius 1 is 1.32 bits per heavy atom. The summed E-state index contributed by atoms with van der Waals surface area (Å²) in [5.41, 5.74) is -0.478. The summed E-state index contributed by atoms with van der Waals surface area (Å²) in [7, 11) is 0. The maximum absolute atomic E-state index is 14.7. The zero-order valence-corrected chi connectivity index (χ0v) is 18.1. The van der Waals surface area contributed by atoms with E-state index < -0.39 is 18.0 Å². The maximum atomic E-state index is 14.7. The van der Waals surface area contributed by atoms with Crippen LogP contribution in [0.1, 0.15) is 26.6 Å². The van der Waals surface area contributed by atoms with E-state index in [9.17, 15) is 14.3 Å². The van der Waals surface area contributed by atoms with E-state index in [0.29, 0.717) is 37.4 Å². The Balaban J connectivity index is 1.89. The summed E-state index contributed by atoms with van der Waals surface area (Å²) in [4.78, 5) is 24.3. The average molecular weight is 476 g/mol. The normalized spacial score (nSPS) is 15.2. The lowest BCUT2D eigenvalue weighted by Gasteiger charge is -2.36. The van der Waals surface area contributed by atoms with E-state index in [0.717, 1.165) is 0 Å². The molecule has 1 aliphatic heterocycles. The van der Waals surface area contributed by atoms with Crippen molar-refractivity contribution in [2.45, 2.75) is 33.0 Å². The van der Waals surface area contributed by atoms with E-state index in [1.54, 1.807) is 11.0 Å². The van der Waals surface area contributed by atoms with Crippen LogP contribution in [-0.2, 0) is 11.3 Å². The molecule has 152 valence electrons. The molecule has 0 unspecified atom stereocenters. The Kier molecular flexibility index (Phi) is 5.97. The van der Waals surface area contributed by atoms with Crippen LogP contribution in [-0.4, -0.2) is 57.8 Å². The van der Waals surface area contributed by atoms with Gasteiger partial charge in [0, 0.05) is 31.6 Å². The Morgan fingerprint density at radius 3 is 2.54 bits per heavy atom. The molecule has 2 heterocycles. The van der Waals surface area contributed by atoms with Gasteiger partial charge < -0.3 is 19.6 Å². The number of hydrogen-bond acceptors (Lipinski definition) is 6. The van der Waals surface area contributed by atoms with E-state index in [1.165, 1.54) is 0 Å². The SMILES string of the molecule is CC(C)(C)OC(=O)N1CCN(c2nc(CO)nc3c(F)c(Br)c(Cl)cc23)CC1. The molecule has 1 aromatic heterocycles. The van der Waals surface area contributed by atoms with Crippen LogP contribution in [0.4, 0.5) is 15.0 Å². The number of amides is 1. The molecule has 28 heavy (non-hydrogen) atoms. The number of anilines is 1. The molecule has 0 saturated carbocycles. The number of nitrogens with zero attached hydrogens (tertiary/aromatic N) is 4. The van der Waals surface area contributed by atoms with Crippen LogP contribution in [0.2, 0.25) is 5.02 Å². The minimum absolute atomic E-state index is 0.0832. The van der Waals surface area contributed by atoms with Gasteiger partial charge in [0.25, 0.3) is 0 Å². The number of halogens is 3. The van der Waals surface area contributed by atoms with Crippen LogP contribution in [0.25, 0.3) is 10.9 Å². The minimum Gasteiger partial charge on any atom is -0.444 e. The summed E-state index contributed by atoms with van der Waals surface area (Å²) < 4.78 is 20.2. The number of aliphatic hydroxyl groups excluding tert-OH is 1. The van der Waals surface area contributed by atoms with Crippen molar-refractivity contribution in [1.82, 2.24) is 14.9 Å². The van der Waals surface area contributed by atoms with Gasteiger partial charge in [0.2, 0.25) is 0 Å². The lowest BCUT2D eigenvalue weighted by molar-refractivity contribution is 0.0240. The second-order valence-corrected chi connectivity index (χ2v) is 8.66. The Morgan fingerprint density at radius 2 is 1.96 bits per heavy atom. The van der Waals surface area contributed by atoms with E-state index in [2.05, 4.69) is 25.9 Å². The molecule has 2 aromatic rings. The molecule has 0 radical (unpaired) electrons. The quantitative estimate of drug-likeness (QED) is 0.667. The zero-order valence-electron chi connectivity index (χ0n) is 15.8. The van der Waals surface area contributed by atoms with Crippen LogP contribution in [0, 0.1) is 5.82 Å². The smallest absolute Gasteiger partial charge is 0.410 e. The second kappa shape index (κ2) is 7.96. The van der Waals surface area contributed by atoms with Crippen molar-refractivity contribution in [3.63, 3.8) is 0 Å². The molecule has 3 rings (SSSR count). The van der Waals surface area contributed by atoms with Gasteiger partial charge in [0.15, 0.2) is 11.6 Å². The molecular weight excluding hydrogens is 455 g/mol. The van der Waals surface area contributed by atoms with Crippen LogP contribution in [0.15, 0.2) is 10.5 Å². The molecule has 1 saturated heterocycles. The fourth-order valence-corrected chi connectivity index (χ4v) is 3.44. The van der Waals surface area contributed by atoms with Gasteiger partial charge in [-0.05, 0) is 42.8 Å². The molecule has 10 heteroatoms. The third kappa shape index (κ3) is 4.31. The first-order valence-electron chi connectivity index (χ1n) is 8.78. The lowest BCUT2D eigenvalue weighted by Crippen LogP contribution is -2.50. The van der Waals surface area contributed by atoms with Gasteiger partial charge in [0.05, 0.1) is 9.50 Å². The Bertz CT molecular complexity index is 914. The van der Waals surface area contributed by atoms with Gasteiger partial charge in [-0.3, -0.25) is 0 Å². The molecule has 1 fully saturated rings. The molecule has 7 nitrogen and oxygen atoms in total. The van der Waals surface area contributed by atoms with Crippen LogP contribution in [0.3, 0.4) is 0 Å². The number of ether oxygens (including phenoxy) is 1. The first-order chi connectivity index (χ1) is 13.1. The molecule has 1 amide bonds. The fourth-order valence-electron chi connectivity index (χ4n) is 2.94. The van der Waals surface area contributed by atoms with Crippen LogP contribution in [0.5, 0.6) is 0 Å². The van der Waals surface area contributed by atoms with Crippen molar-refractivity contribution in [2.75, 3.05) is 31.1 Å². The first-order valence-corrected chi connectivity index (χ1v) is 9.95. The molecule has 0 bridgehead atoms. The number of fused-ring (bicyclic) bond motifs is 1. The first kappa shape index (κ1) is 21.0. The van der Waals surface area contributed by atoms with Gasteiger partial charge >= 0.3 is 6.09 Å². The van der Waals surface area contributed by atoms with Crippen LogP contribution >= 0.6 is 27.5 Å². The summed E-state index contributed by atoms with van der Waals surface area (Å²) in [5.74, 6) is -0.00961. The third-order valence-corrected chi connectivity index (χ3v) is 5.53. The summed E-state index contributed by atoms with van der Waals surface area (Å²) in [6.07, 6.45) is -0.367. The van der Waals surface area contributed by atoms with E-state index >= 15 is 0 Å². The highest BCUT2D eigenvalue weighted by Crippen LogP contribution is 2.35. The van der Waals surface area contributed by atoms with Crippen molar-refractivity contribution >= 4 is 50.3 Å². The maximum Gasteiger partial charge on any atom is 0.410 e. The molecule has 1 aliphatic rings. The van der Waals surface area contributed by atoms with Crippen molar-refractivity contribution in [2.24, 2.45) is 0 Å². The highest BCUT2D eigenvalue weighted by molar-refractivity contribution is 9.10. The predicted octanol–water partition coefficient (Wildman–Crippen LogP) is 3.73. The summed E-state index contributed by atoms with van der Waals surface area (Å²) in [6, 6.07) is 1.60. The van der Waals surface area contributed by atoms with Crippen molar-refractivity contribution in [3.05, 3.63) is 27.2 Å². The van der Waals surface area contributed by atoms with Gasteiger partial charge in [-0.2, -0.15) is 0 Å². The van der Waals surface area contributed by atoms with Gasteiger partial charge in [-0.15, -0.1) is 0 Å². The Labute approximate surface area is 175 Å². The van der Waals surface area contributed by atoms with Crippen molar-refractivity contribution < 1.29 is 19.0 Å². The number of rotatable bonds is 2. The predicted molar refractivity (Wildman–Crippen MR) is 108 cm³/mol. The largest absolute Gasteiger partial charge is 0.444 e. The second-order valence-electron chi connectivity index (χ2n) is 7.46. The monoisotopic (exact) mass is 474 g/mol. The van der Waals surface area contributed by atoms with Crippen molar-refractivity contribution in [3.8, 4) is 0 Å². The van der Waals surface area contributed by atoms with Gasteiger partial charge in [0.1, 0.15) is 23.5 Å².